The molecule has 0 amide bonds. The smallest absolute Gasteiger partial charge is 0.155 e. The van der Waals surface area contributed by atoms with Crippen molar-refractivity contribution in [1.82, 2.24) is 0 Å². The Bertz CT molecular complexity index is 211. The van der Waals surface area contributed by atoms with Gasteiger partial charge in [0.05, 0.1) is 10.5 Å². The third-order valence-corrected chi connectivity index (χ3v) is 4.45. The number of sulfone groups is 1. The maximum Gasteiger partial charge on any atom is 0.155 e. The standard InChI is InChI=1S/C8H18O3S/c1-8(2,3)12(10,11)7-5-4-6-9/h9H,4-7H2,1-3H3. The van der Waals surface area contributed by atoms with Gasteiger partial charge in [-0.15, -0.1) is 0 Å². The highest BCUT2D eigenvalue weighted by Gasteiger charge is 2.27. The molecule has 74 valence electrons. The van der Waals surface area contributed by atoms with Gasteiger partial charge in [-0.3, -0.25) is 0 Å². The van der Waals surface area contributed by atoms with Gasteiger partial charge in [0.1, 0.15) is 0 Å². The molecule has 0 spiro atoms. The lowest BCUT2D eigenvalue weighted by Gasteiger charge is -2.18. The summed E-state index contributed by atoms with van der Waals surface area (Å²) in [5, 5.41) is 8.47. The molecule has 3 nitrogen and oxygen atoms in total. The second kappa shape index (κ2) is 4.23. The highest BCUT2D eigenvalue weighted by Crippen LogP contribution is 2.16. The molecule has 0 saturated carbocycles. The van der Waals surface area contributed by atoms with Crippen LogP contribution in [0.25, 0.3) is 0 Å². The molecule has 4 heteroatoms. The fourth-order valence-corrected chi connectivity index (χ4v) is 1.91. The molecule has 0 atom stereocenters. The van der Waals surface area contributed by atoms with E-state index in [2.05, 4.69) is 0 Å². The number of aliphatic hydroxyl groups excluding tert-OH is 1. The van der Waals surface area contributed by atoms with Crippen LogP contribution in [0.3, 0.4) is 0 Å². The van der Waals surface area contributed by atoms with Crippen molar-refractivity contribution in [3.8, 4) is 0 Å². The van der Waals surface area contributed by atoms with E-state index in [0.29, 0.717) is 12.8 Å². The van der Waals surface area contributed by atoms with Crippen LogP contribution in [-0.4, -0.2) is 30.6 Å². The average molecular weight is 194 g/mol. The summed E-state index contributed by atoms with van der Waals surface area (Å²) in [4.78, 5) is 0. The van der Waals surface area contributed by atoms with E-state index in [1.165, 1.54) is 0 Å². The summed E-state index contributed by atoms with van der Waals surface area (Å²) < 4.78 is 22.2. The predicted molar refractivity (Wildman–Crippen MR) is 49.9 cm³/mol. The Morgan fingerprint density at radius 2 is 1.67 bits per heavy atom. The normalized spacial score (nSPS) is 13.3. The molecule has 0 unspecified atom stereocenters. The zero-order chi connectivity index (χ0) is 9.83. The molecule has 0 saturated heterocycles. The van der Waals surface area contributed by atoms with E-state index >= 15 is 0 Å². The molecular weight excluding hydrogens is 176 g/mol. The Morgan fingerprint density at radius 3 is 2.00 bits per heavy atom. The van der Waals surface area contributed by atoms with Gasteiger partial charge in [-0.2, -0.15) is 0 Å². The molecular formula is C8H18O3S. The minimum absolute atomic E-state index is 0.0691. The topological polar surface area (TPSA) is 54.4 Å². The van der Waals surface area contributed by atoms with Crippen LogP contribution in [0.2, 0.25) is 0 Å². The number of hydrogen-bond acceptors (Lipinski definition) is 3. The minimum atomic E-state index is -2.98. The van der Waals surface area contributed by atoms with E-state index in [-0.39, 0.29) is 12.4 Å². The van der Waals surface area contributed by atoms with Crippen molar-refractivity contribution in [2.45, 2.75) is 38.4 Å². The Morgan fingerprint density at radius 1 is 1.17 bits per heavy atom. The molecule has 0 aliphatic carbocycles. The molecule has 12 heavy (non-hydrogen) atoms. The van der Waals surface area contributed by atoms with Crippen molar-refractivity contribution < 1.29 is 13.5 Å². The molecule has 0 bridgehead atoms. The zero-order valence-corrected chi connectivity index (χ0v) is 8.82. The monoisotopic (exact) mass is 194 g/mol. The Kier molecular flexibility index (Phi) is 4.20. The molecule has 1 N–H and O–H groups in total. The van der Waals surface area contributed by atoms with E-state index in [4.69, 9.17) is 5.11 Å². The van der Waals surface area contributed by atoms with Gasteiger partial charge in [-0.05, 0) is 33.6 Å². The van der Waals surface area contributed by atoms with Gasteiger partial charge < -0.3 is 5.11 Å². The van der Waals surface area contributed by atoms with E-state index in [1.54, 1.807) is 20.8 Å². The number of aliphatic hydroxyl groups is 1. The van der Waals surface area contributed by atoms with Crippen LogP contribution in [0, 0.1) is 0 Å². The van der Waals surface area contributed by atoms with Crippen LogP contribution >= 0.6 is 0 Å². The maximum atomic E-state index is 11.4. The van der Waals surface area contributed by atoms with Crippen LogP contribution in [0.4, 0.5) is 0 Å². The average Bonchev–Trinajstić information content (AvgIpc) is 1.85. The molecule has 0 aromatic rings. The van der Waals surface area contributed by atoms with Crippen molar-refractivity contribution in [2.75, 3.05) is 12.4 Å². The third-order valence-electron chi connectivity index (χ3n) is 1.75. The second-order valence-corrected chi connectivity index (χ2v) is 6.72. The van der Waals surface area contributed by atoms with Crippen molar-refractivity contribution in [2.24, 2.45) is 0 Å². The van der Waals surface area contributed by atoms with Gasteiger partial charge >= 0.3 is 0 Å². The first-order chi connectivity index (χ1) is 5.31. The number of rotatable bonds is 4. The van der Waals surface area contributed by atoms with E-state index < -0.39 is 14.6 Å². The first-order valence-corrected chi connectivity index (χ1v) is 5.79. The van der Waals surface area contributed by atoms with Crippen LogP contribution in [0.15, 0.2) is 0 Å². The lowest BCUT2D eigenvalue weighted by Crippen LogP contribution is -2.30. The van der Waals surface area contributed by atoms with Crippen LogP contribution < -0.4 is 0 Å². The van der Waals surface area contributed by atoms with Crippen molar-refractivity contribution in [1.29, 1.82) is 0 Å². The van der Waals surface area contributed by atoms with Gasteiger partial charge in [-0.25, -0.2) is 8.42 Å². The summed E-state index contributed by atoms with van der Waals surface area (Å²) in [5.74, 6) is 0.178. The summed E-state index contributed by atoms with van der Waals surface area (Å²) >= 11 is 0. The molecule has 0 aliphatic rings. The fourth-order valence-electron chi connectivity index (χ4n) is 0.710. The SMILES string of the molecule is CC(C)(C)S(=O)(=O)CCCCO. The molecule has 0 aliphatic heterocycles. The first kappa shape index (κ1) is 11.9. The van der Waals surface area contributed by atoms with E-state index in [1.807, 2.05) is 0 Å². The van der Waals surface area contributed by atoms with Crippen molar-refractivity contribution in [3.05, 3.63) is 0 Å². The molecule has 0 aromatic heterocycles. The molecule has 0 rings (SSSR count). The number of unbranched alkanes of at least 4 members (excludes halogenated alkanes) is 1. The summed E-state index contributed by atoms with van der Waals surface area (Å²) in [7, 11) is -2.98. The molecule has 0 heterocycles. The molecule has 0 aromatic carbocycles. The quantitative estimate of drug-likeness (QED) is 0.678. The lowest BCUT2D eigenvalue weighted by atomic mass is 10.3. The van der Waals surface area contributed by atoms with Crippen LogP contribution in [0.5, 0.6) is 0 Å². The van der Waals surface area contributed by atoms with E-state index in [0.717, 1.165) is 0 Å². The van der Waals surface area contributed by atoms with Crippen LogP contribution in [0.1, 0.15) is 33.6 Å². The van der Waals surface area contributed by atoms with Gasteiger partial charge in [0.15, 0.2) is 9.84 Å². The van der Waals surface area contributed by atoms with Gasteiger partial charge in [0, 0.05) is 6.61 Å². The summed E-state index contributed by atoms with van der Waals surface area (Å²) in [5.41, 5.74) is 0. The third kappa shape index (κ3) is 3.54. The second-order valence-electron chi connectivity index (χ2n) is 3.86. The van der Waals surface area contributed by atoms with Crippen molar-refractivity contribution >= 4 is 9.84 Å². The van der Waals surface area contributed by atoms with Gasteiger partial charge in [-0.1, -0.05) is 0 Å². The van der Waals surface area contributed by atoms with Crippen LogP contribution in [-0.2, 0) is 9.84 Å². The first-order valence-electron chi connectivity index (χ1n) is 4.14. The summed E-state index contributed by atoms with van der Waals surface area (Å²) in [6, 6.07) is 0. The van der Waals surface area contributed by atoms with E-state index in [9.17, 15) is 8.42 Å². The maximum absolute atomic E-state index is 11.4. The highest BCUT2D eigenvalue weighted by atomic mass is 32.2. The van der Waals surface area contributed by atoms with Gasteiger partial charge in [0.25, 0.3) is 0 Å². The summed E-state index contributed by atoms with van der Waals surface area (Å²) in [6.07, 6.45) is 1.12. The predicted octanol–water partition coefficient (Wildman–Crippen LogP) is 0.972. The Labute approximate surface area is 74.7 Å². The van der Waals surface area contributed by atoms with Crippen molar-refractivity contribution in [3.63, 3.8) is 0 Å². The fraction of sp³-hybridized carbons (Fsp3) is 1.00. The van der Waals surface area contributed by atoms with Gasteiger partial charge in [0.2, 0.25) is 0 Å². The zero-order valence-electron chi connectivity index (χ0n) is 8.00. The largest absolute Gasteiger partial charge is 0.396 e. The number of hydrogen-bond donors (Lipinski definition) is 1. The Balaban J connectivity index is 4.08. The highest BCUT2D eigenvalue weighted by molar-refractivity contribution is 7.92. The minimum Gasteiger partial charge on any atom is -0.396 e. The molecule has 0 fully saturated rings. The lowest BCUT2D eigenvalue weighted by molar-refractivity contribution is 0.287. The Hall–Kier alpha value is -0.0900. The molecule has 0 radical (unpaired) electrons. The summed E-state index contributed by atoms with van der Waals surface area (Å²) in [6.45, 7) is 5.16.